The van der Waals surface area contributed by atoms with Crippen LogP contribution in [0.5, 0.6) is 0 Å². The van der Waals surface area contributed by atoms with Crippen LogP contribution in [0.25, 0.3) is 22.0 Å². The SMILES string of the molecule is CCC(O)(CC)c1cccc(Sc2ccc3c(-c4ccccc4)cc(C)nc3c2)c1. The molecule has 2 nitrogen and oxygen atoms in total. The van der Waals surface area contributed by atoms with Crippen molar-refractivity contribution in [3.05, 3.63) is 90.1 Å². The van der Waals surface area contributed by atoms with Crippen LogP contribution in [-0.4, -0.2) is 10.1 Å². The predicted octanol–water partition coefficient (Wildman–Crippen LogP) is 7.37. The van der Waals surface area contributed by atoms with Crippen molar-refractivity contribution in [3.63, 3.8) is 0 Å². The van der Waals surface area contributed by atoms with E-state index in [9.17, 15) is 5.11 Å². The third-order valence-electron chi connectivity index (χ3n) is 5.77. The van der Waals surface area contributed by atoms with Crippen LogP contribution in [-0.2, 0) is 5.60 Å². The molecule has 1 N–H and O–H groups in total. The molecule has 3 aromatic carbocycles. The van der Waals surface area contributed by atoms with E-state index in [2.05, 4.69) is 60.7 Å². The van der Waals surface area contributed by atoms with Crippen molar-refractivity contribution < 1.29 is 5.11 Å². The Bertz CT molecular complexity index is 1170. The van der Waals surface area contributed by atoms with Gasteiger partial charge in [0.15, 0.2) is 0 Å². The highest BCUT2D eigenvalue weighted by molar-refractivity contribution is 7.99. The van der Waals surface area contributed by atoms with Crippen LogP contribution in [0.2, 0.25) is 0 Å². The minimum absolute atomic E-state index is 0.707. The van der Waals surface area contributed by atoms with Crippen LogP contribution in [0.15, 0.2) is 88.7 Å². The molecule has 30 heavy (non-hydrogen) atoms. The Morgan fingerprint density at radius 1 is 0.833 bits per heavy atom. The van der Waals surface area contributed by atoms with Gasteiger partial charge < -0.3 is 5.11 Å². The minimum Gasteiger partial charge on any atom is -0.385 e. The lowest BCUT2D eigenvalue weighted by atomic mass is 9.89. The summed E-state index contributed by atoms with van der Waals surface area (Å²) in [6.45, 7) is 6.11. The standard InChI is InChI=1S/C27H27NOS/c1-4-27(29,5-2)21-12-9-13-22(17-21)30-23-14-15-24-25(20-10-7-6-8-11-20)16-19(3)28-26(24)18-23/h6-18,29H,4-5H2,1-3H3. The number of hydrogen-bond donors (Lipinski definition) is 1. The van der Waals surface area contributed by atoms with E-state index in [1.807, 2.05) is 39.0 Å². The first-order valence-corrected chi connectivity index (χ1v) is 11.3. The first kappa shape index (κ1) is 20.6. The first-order valence-electron chi connectivity index (χ1n) is 10.5. The van der Waals surface area contributed by atoms with Crippen LogP contribution in [0.1, 0.15) is 37.9 Å². The second-order valence-corrected chi connectivity index (χ2v) is 8.87. The van der Waals surface area contributed by atoms with E-state index in [4.69, 9.17) is 4.98 Å². The van der Waals surface area contributed by atoms with Gasteiger partial charge in [0.1, 0.15) is 0 Å². The van der Waals surface area contributed by atoms with Gasteiger partial charge in [0, 0.05) is 20.9 Å². The molecule has 0 saturated carbocycles. The average molecular weight is 414 g/mol. The largest absolute Gasteiger partial charge is 0.385 e. The van der Waals surface area contributed by atoms with Crippen LogP contribution >= 0.6 is 11.8 Å². The molecule has 1 heterocycles. The lowest BCUT2D eigenvalue weighted by Crippen LogP contribution is -2.23. The highest BCUT2D eigenvalue weighted by Gasteiger charge is 2.24. The van der Waals surface area contributed by atoms with E-state index in [0.29, 0.717) is 12.8 Å². The fourth-order valence-electron chi connectivity index (χ4n) is 3.90. The molecule has 0 spiro atoms. The highest BCUT2D eigenvalue weighted by Crippen LogP contribution is 2.36. The van der Waals surface area contributed by atoms with E-state index >= 15 is 0 Å². The Labute approximate surface area is 183 Å². The summed E-state index contributed by atoms with van der Waals surface area (Å²) in [5, 5.41) is 12.0. The number of fused-ring (bicyclic) bond motifs is 1. The smallest absolute Gasteiger partial charge is 0.0891 e. The molecule has 0 radical (unpaired) electrons. The molecule has 4 aromatic rings. The van der Waals surface area contributed by atoms with E-state index in [1.165, 1.54) is 11.1 Å². The average Bonchev–Trinajstić information content (AvgIpc) is 2.78. The third-order valence-corrected chi connectivity index (χ3v) is 6.75. The van der Waals surface area contributed by atoms with Crippen molar-refractivity contribution in [2.75, 3.05) is 0 Å². The monoisotopic (exact) mass is 413 g/mol. The third kappa shape index (κ3) is 4.14. The molecule has 0 bridgehead atoms. The number of aryl methyl sites for hydroxylation is 1. The number of nitrogens with zero attached hydrogens (tertiary/aromatic N) is 1. The Kier molecular flexibility index (Phi) is 5.94. The number of rotatable bonds is 6. The van der Waals surface area contributed by atoms with Crippen molar-refractivity contribution in [2.24, 2.45) is 0 Å². The molecule has 0 atom stereocenters. The van der Waals surface area contributed by atoms with Crippen molar-refractivity contribution in [2.45, 2.75) is 49.0 Å². The lowest BCUT2D eigenvalue weighted by molar-refractivity contribution is 0.0282. The van der Waals surface area contributed by atoms with E-state index in [0.717, 1.165) is 32.0 Å². The Morgan fingerprint density at radius 2 is 1.57 bits per heavy atom. The molecule has 0 aliphatic rings. The first-order chi connectivity index (χ1) is 14.5. The molecule has 0 amide bonds. The molecule has 152 valence electrons. The zero-order valence-electron chi connectivity index (χ0n) is 17.7. The number of pyridine rings is 1. The fraction of sp³-hybridized carbons (Fsp3) is 0.222. The second kappa shape index (κ2) is 8.63. The fourth-order valence-corrected chi connectivity index (χ4v) is 4.82. The van der Waals surface area contributed by atoms with Crippen molar-refractivity contribution in [1.82, 2.24) is 4.98 Å². The summed E-state index contributed by atoms with van der Waals surface area (Å²) in [4.78, 5) is 7.07. The van der Waals surface area contributed by atoms with Gasteiger partial charge in [0.05, 0.1) is 11.1 Å². The predicted molar refractivity (Wildman–Crippen MR) is 127 cm³/mol. The molecular formula is C27H27NOS. The van der Waals surface area contributed by atoms with Crippen LogP contribution in [0, 0.1) is 6.92 Å². The number of aliphatic hydroxyl groups is 1. The van der Waals surface area contributed by atoms with Gasteiger partial charge in [-0.15, -0.1) is 0 Å². The summed E-state index contributed by atoms with van der Waals surface area (Å²) in [6.07, 6.45) is 1.41. The van der Waals surface area contributed by atoms with Gasteiger partial charge in [-0.1, -0.05) is 74.1 Å². The van der Waals surface area contributed by atoms with Crippen molar-refractivity contribution in [3.8, 4) is 11.1 Å². The maximum atomic E-state index is 10.9. The molecule has 0 aliphatic heterocycles. The number of hydrogen-bond acceptors (Lipinski definition) is 3. The van der Waals surface area contributed by atoms with Gasteiger partial charge in [-0.3, -0.25) is 4.98 Å². The van der Waals surface area contributed by atoms with Gasteiger partial charge in [0.25, 0.3) is 0 Å². The lowest BCUT2D eigenvalue weighted by Gasteiger charge is -2.26. The summed E-state index contributed by atoms with van der Waals surface area (Å²) in [5.41, 5.74) is 4.67. The Hall–Kier alpha value is -2.62. The molecular weight excluding hydrogens is 386 g/mol. The van der Waals surface area contributed by atoms with Gasteiger partial charge >= 0.3 is 0 Å². The maximum Gasteiger partial charge on any atom is 0.0891 e. The molecule has 1 aromatic heterocycles. The molecule has 0 fully saturated rings. The summed E-state index contributed by atoms with van der Waals surface area (Å²) >= 11 is 1.71. The number of benzene rings is 3. The zero-order chi connectivity index (χ0) is 21.1. The molecule has 0 aliphatic carbocycles. The van der Waals surface area contributed by atoms with Gasteiger partial charge in [-0.05, 0) is 66.8 Å². The van der Waals surface area contributed by atoms with E-state index in [-0.39, 0.29) is 0 Å². The van der Waals surface area contributed by atoms with Crippen LogP contribution in [0.4, 0.5) is 0 Å². The maximum absolute atomic E-state index is 10.9. The normalized spacial score (nSPS) is 11.7. The Morgan fingerprint density at radius 3 is 2.30 bits per heavy atom. The molecule has 4 rings (SSSR count). The minimum atomic E-state index is -0.761. The Balaban J connectivity index is 1.70. The molecule has 3 heteroatoms. The second-order valence-electron chi connectivity index (χ2n) is 7.72. The van der Waals surface area contributed by atoms with Crippen LogP contribution in [0.3, 0.4) is 0 Å². The van der Waals surface area contributed by atoms with Crippen LogP contribution < -0.4 is 0 Å². The number of aromatic nitrogens is 1. The summed E-state index contributed by atoms with van der Waals surface area (Å²) in [6, 6.07) is 27.4. The summed E-state index contributed by atoms with van der Waals surface area (Å²) in [7, 11) is 0. The van der Waals surface area contributed by atoms with Gasteiger partial charge in [-0.25, -0.2) is 0 Å². The zero-order valence-corrected chi connectivity index (χ0v) is 18.5. The van der Waals surface area contributed by atoms with Crippen molar-refractivity contribution in [1.29, 1.82) is 0 Å². The van der Waals surface area contributed by atoms with Crippen molar-refractivity contribution >= 4 is 22.7 Å². The molecule has 0 unspecified atom stereocenters. The quantitative estimate of drug-likeness (QED) is 0.358. The van der Waals surface area contributed by atoms with Gasteiger partial charge in [-0.2, -0.15) is 0 Å². The topological polar surface area (TPSA) is 33.1 Å². The van der Waals surface area contributed by atoms with E-state index < -0.39 is 5.60 Å². The van der Waals surface area contributed by atoms with Gasteiger partial charge in [0.2, 0.25) is 0 Å². The summed E-state index contributed by atoms with van der Waals surface area (Å²) in [5.74, 6) is 0. The summed E-state index contributed by atoms with van der Waals surface area (Å²) < 4.78 is 0. The highest BCUT2D eigenvalue weighted by atomic mass is 32.2. The van der Waals surface area contributed by atoms with E-state index in [1.54, 1.807) is 11.8 Å². The molecule has 0 saturated heterocycles.